The fourth-order valence-electron chi connectivity index (χ4n) is 3.07. The normalized spacial score (nSPS) is 22.1. The third-order valence-corrected chi connectivity index (χ3v) is 5.00. The summed E-state index contributed by atoms with van der Waals surface area (Å²) >= 11 is 11.9. The number of piperazine rings is 1. The Balaban J connectivity index is 0.00000243. The van der Waals surface area contributed by atoms with Gasteiger partial charge in [0.25, 0.3) is 11.8 Å². The second kappa shape index (κ2) is 8.25. The number of alkyl halides is 2. The highest BCUT2D eigenvalue weighted by Gasteiger charge is 2.44. The van der Waals surface area contributed by atoms with Crippen LogP contribution in [0.1, 0.15) is 16.8 Å². The van der Waals surface area contributed by atoms with Gasteiger partial charge in [0, 0.05) is 37.6 Å². The van der Waals surface area contributed by atoms with Crippen LogP contribution in [0.3, 0.4) is 0 Å². The van der Waals surface area contributed by atoms with Crippen molar-refractivity contribution in [3.63, 3.8) is 0 Å². The van der Waals surface area contributed by atoms with Gasteiger partial charge in [-0.25, -0.2) is 8.78 Å². The molecule has 2 heterocycles. The minimum atomic E-state index is -2.84. The number of amides is 2. The van der Waals surface area contributed by atoms with E-state index in [9.17, 15) is 18.4 Å². The van der Waals surface area contributed by atoms with Gasteiger partial charge in [-0.3, -0.25) is 14.9 Å². The molecule has 0 bridgehead atoms. The largest absolute Gasteiger partial charge is 0.338 e. The Morgan fingerprint density at radius 3 is 2.27 bits per heavy atom. The molecule has 0 aromatic heterocycles. The standard InChI is InChI=1S/C16H17Cl2F2N3O2.ClH/c17-10-1-2-11(12(18)7-10)14(24)22-3-5-23(6-4-22)15(25)13-8-16(19,20)9-21-13;/h1-2,7,13,21H,3-6,8-9H2;1H. The van der Waals surface area contributed by atoms with Crippen LogP contribution < -0.4 is 5.32 Å². The molecule has 144 valence electrons. The number of hydrogen-bond acceptors (Lipinski definition) is 3. The number of hydrogen-bond donors (Lipinski definition) is 1. The molecule has 1 aromatic rings. The molecule has 1 N–H and O–H groups in total. The van der Waals surface area contributed by atoms with E-state index in [1.165, 1.54) is 11.0 Å². The first-order valence-electron chi connectivity index (χ1n) is 7.91. The molecule has 2 aliphatic heterocycles. The van der Waals surface area contributed by atoms with Crippen LogP contribution in [0, 0.1) is 0 Å². The molecule has 0 radical (unpaired) electrons. The van der Waals surface area contributed by atoms with Crippen molar-refractivity contribution >= 4 is 47.4 Å². The molecule has 2 aliphatic rings. The summed E-state index contributed by atoms with van der Waals surface area (Å²) in [6.07, 6.45) is -0.481. The monoisotopic (exact) mass is 427 g/mol. The Kier molecular flexibility index (Phi) is 6.71. The SMILES string of the molecule is Cl.O=C(c1ccc(Cl)cc1Cl)N1CCN(C(=O)C2CC(F)(F)CN2)CC1. The Labute approximate surface area is 166 Å². The van der Waals surface area contributed by atoms with Crippen molar-refractivity contribution in [2.75, 3.05) is 32.7 Å². The van der Waals surface area contributed by atoms with Crippen molar-refractivity contribution in [2.45, 2.75) is 18.4 Å². The molecule has 26 heavy (non-hydrogen) atoms. The summed E-state index contributed by atoms with van der Waals surface area (Å²) in [6.45, 7) is 0.787. The van der Waals surface area contributed by atoms with Crippen molar-refractivity contribution in [3.05, 3.63) is 33.8 Å². The smallest absolute Gasteiger partial charge is 0.262 e. The van der Waals surface area contributed by atoms with Crippen molar-refractivity contribution < 1.29 is 18.4 Å². The number of nitrogens with one attached hydrogen (secondary N) is 1. The summed E-state index contributed by atoms with van der Waals surface area (Å²) in [5.41, 5.74) is 0.350. The summed E-state index contributed by atoms with van der Waals surface area (Å²) in [5.74, 6) is -3.42. The lowest BCUT2D eigenvalue weighted by atomic mass is 10.1. The zero-order valence-corrected chi connectivity index (χ0v) is 16.0. The number of halogens is 5. The van der Waals surface area contributed by atoms with E-state index in [1.807, 2.05) is 0 Å². The topological polar surface area (TPSA) is 52.7 Å². The zero-order valence-electron chi connectivity index (χ0n) is 13.7. The Morgan fingerprint density at radius 2 is 1.73 bits per heavy atom. The van der Waals surface area contributed by atoms with Gasteiger partial charge < -0.3 is 9.80 Å². The van der Waals surface area contributed by atoms with Crippen LogP contribution in [0.15, 0.2) is 18.2 Å². The maximum atomic E-state index is 13.2. The number of nitrogens with zero attached hydrogens (tertiary/aromatic N) is 2. The molecule has 1 unspecified atom stereocenters. The van der Waals surface area contributed by atoms with Crippen LogP contribution in [0.2, 0.25) is 10.0 Å². The zero-order chi connectivity index (χ0) is 18.2. The van der Waals surface area contributed by atoms with Crippen LogP contribution in [0.5, 0.6) is 0 Å². The quantitative estimate of drug-likeness (QED) is 0.788. The molecule has 0 saturated carbocycles. The summed E-state index contributed by atoms with van der Waals surface area (Å²) in [4.78, 5) is 28.0. The number of benzene rings is 1. The van der Waals surface area contributed by atoms with Gasteiger partial charge in [0.15, 0.2) is 0 Å². The molecular formula is C16H18Cl3F2N3O2. The first-order valence-corrected chi connectivity index (χ1v) is 8.67. The van der Waals surface area contributed by atoms with Gasteiger partial charge in [-0.05, 0) is 18.2 Å². The number of carbonyl (C=O) groups excluding carboxylic acids is 2. The third-order valence-electron chi connectivity index (χ3n) is 4.45. The number of rotatable bonds is 2. The molecule has 0 aliphatic carbocycles. The number of carbonyl (C=O) groups is 2. The van der Waals surface area contributed by atoms with Crippen LogP contribution in [-0.4, -0.2) is 66.3 Å². The maximum absolute atomic E-state index is 13.2. The lowest BCUT2D eigenvalue weighted by Gasteiger charge is -2.36. The second-order valence-electron chi connectivity index (χ2n) is 6.24. The highest BCUT2D eigenvalue weighted by molar-refractivity contribution is 6.36. The van der Waals surface area contributed by atoms with E-state index in [4.69, 9.17) is 23.2 Å². The molecule has 0 spiro atoms. The highest BCUT2D eigenvalue weighted by Crippen LogP contribution is 2.27. The molecule has 2 saturated heterocycles. The second-order valence-corrected chi connectivity index (χ2v) is 7.08. The van der Waals surface area contributed by atoms with E-state index < -0.39 is 24.9 Å². The van der Waals surface area contributed by atoms with E-state index in [0.717, 1.165) is 0 Å². The van der Waals surface area contributed by atoms with Crippen molar-refractivity contribution in [1.82, 2.24) is 15.1 Å². The van der Waals surface area contributed by atoms with E-state index in [-0.39, 0.29) is 29.2 Å². The van der Waals surface area contributed by atoms with Crippen molar-refractivity contribution in [1.29, 1.82) is 0 Å². The summed E-state index contributed by atoms with van der Waals surface area (Å²) in [7, 11) is 0. The van der Waals surface area contributed by atoms with Gasteiger partial charge in [-0.1, -0.05) is 23.2 Å². The van der Waals surface area contributed by atoms with Gasteiger partial charge in [0.2, 0.25) is 5.91 Å². The van der Waals surface area contributed by atoms with Crippen LogP contribution in [-0.2, 0) is 4.79 Å². The lowest BCUT2D eigenvalue weighted by Crippen LogP contribution is -2.54. The van der Waals surface area contributed by atoms with Crippen molar-refractivity contribution in [2.24, 2.45) is 0 Å². The molecule has 1 atom stereocenters. The van der Waals surface area contributed by atoms with Gasteiger partial charge in [-0.15, -0.1) is 12.4 Å². The molecule has 5 nitrogen and oxygen atoms in total. The Morgan fingerprint density at radius 1 is 1.12 bits per heavy atom. The summed E-state index contributed by atoms with van der Waals surface area (Å²) in [5, 5.41) is 3.28. The molecule has 3 rings (SSSR count). The minimum absolute atomic E-state index is 0. The van der Waals surface area contributed by atoms with Gasteiger partial charge in [0.1, 0.15) is 0 Å². The minimum Gasteiger partial charge on any atom is -0.338 e. The van der Waals surface area contributed by atoms with Crippen LogP contribution >= 0.6 is 35.6 Å². The van der Waals surface area contributed by atoms with E-state index >= 15 is 0 Å². The van der Waals surface area contributed by atoms with Gasteiger partial charge in [0.05, 0.1) is 23.2 Å². The van der Waals surface area contributed by atoms with Gasteiger partial charge >= 0.3 is 0 Å². The average Bonchev–Trinajstić information content (AvgIpc) is 2.94. The lowest BCUT2D eigenvalue weighted by molar-refractivity contribution is -0.135. The summed E-state index contributed by atoms with van der Waals surface area (Å²) < 4.78 is 26.5. The van der Waals surface area contributed by atoms with Crippen LogP contribution in [0.4, 0.5) is 8.78 Å². The van der Waals surface area contributed by atoms with Crippen LogP contribution in [0.25, 0.3) is 0 Å². The molecule has 1 aromatic carbocycles. The fraction of sp³-hybridized carbons (Fsp3) is 0.500. The predicted octanol–water partition coefficient (Wildman–Crippen LogP) is 2.70. The first-order chi connectivity index (χ1) is 11.8. The Bertz CT molecular complexity index is 697. The average molecular weight is 429 g/mol. The summed E-state index contributed by atoms with van der Waals surface area (Å²) in [6, 6.07) is 3.80. The van der Waals surface area contributed by atoms with Gasteiger partial charge in [-0.2, -0.15) is 0 Å². The van der Waals surface area contributed by atoms with E-state index in [1.54, 1.807) is 17.0 Å². The highest BCUT2D eigenvalue weighted by atomic mass is 35.5. The van der Waals surface area contributed by atoms with E-state index in [2.05, 4.69) is 5.32 Å². The first kappa shape index (κ1) is 21.2. The molecular weight excluding hydrogens is 411 g/mol. The maximum Gasteiger partial charge on any atom is 0.262 e. The fourth-order valence-corrected chi connectivity index (χ4v) is 3.56. The third kappa shape index (κ3) is 4.57. The van der Waals surface area contributed by atoms with Crippen molar-refractivity contribution in [3.8, 4) is 0 Å². The van der Waals surface area contributed by atoms with E-state index in [0.29, 0.717) is 36.8 Å². The molecule has 2 amide bonds. The molecule has 10 heteroatoms. The Hall–Kier alpha value is -1.15. The predicted molar refractivity (Wildman–Crippen MR) is 97.5 cm³/mol. The molecule has 2 fully saturated rings.